The summed E-state index contributed by atoms with van der Waals surface area (Å²) in [5.41, 5.74) is 0.667. The van der Waals surface area contributed by atoms with Gasteiger partial charge < -0.3 is 20.3 Å². The maximum absolute atomic E-state index is 13.6. The zero-order valence-corrected chi connectivity index (χ0v) is 23.3. The first-order valence-electron chi connectivity index (χ1n) is 12.9. The third-order valence-electron chi connectivity index (χ3n) is 5.74. The Kier molecular flexibility index (Phi) is 12.5. The molecule has 0 aliphatic heterocycles. The highest BCUT2D eigenvalue weighted by Crippen LogP contribution is 2.27. The lowest BCUT2D eigenvalue weighted by atomic mass is 9.97. The van der Waals surface area contributed by atoms with Crippen LogP contribution in [0.2, 0.25) is 0 Å². The first-order chi connectivity index (χ1) is 16.8. The molecular weight excluding hydrogens is 454 g/mol. The number of alkyl carbamates (subject to hydrolysis) is 1. The van der Waals surface area contributed by atoms with E-state index < -0.39 is 17.7 Å². The molecule has 3 atom stereocenters. The molecule has 1 aromatic carbocycles. The summed E-state index contributed by atoms with van der Waals surface area (Å²) in [5, 5.41) is 5.63. The molecule has 0 spiro atoms. The Balaban J connectivity index is 3.37. The molecule has 200 valence electrons. The second-order valence-corrected chi connectivity index (χ2v) is 10.8. The van der Waals surface area contributed by atoms with Crippen LogP contribution in [0.4, 0.5) is 4.79 Å². The first-order valence-corrected chi connectivity index (χ1v) is 12.9. The van der Waals surface area contributed by atoms with Gasteiger partial charge in [-0.05, 0) is 77.5 Å². The third kappa shape index (κ3) is 10.7. The molecule has 3 amide bonds. The number of amides is 3. The minimum absolute atomic E-state index is 0.0437. The van der Waals surface area contributed by atoms with Crippen molar-refractivity contribution in [3.63, 3.8) is 0 Å². The van der Waals surface area contributed by atoms with Gasteiger partial charge in [0, 0.05) is 17.6 Å². The maximum Gasteiger partial charge on any atom is 0.408 e. The number of terminal acetylenes is 1. The van der Waals surface area contributed by atoms with Crippen LogP contribution in [0, 0.1) is 18.3 Å². The van der Waals surface area contributed by atoms with Crippen LogP contribution in [-0.2, 0) is 14.3 Å². The van der Waals surface area contributed by atoms with Crippen LogP contribution in [0.3, 0.4) is 0 Å². The van der Waals surface area contributed by atoms with E-state index in [0.717, 1.165) is 19.3 Å². The molecule has 1 aromatic rings. The fraction of sp³-hybridized carbons (Fsp3) is 0.621. The van der Waals surface area contributed by atoms with E-state index in [1.807, 2.05) is 13.8 Å². The molecule has 0 aromatic heterocycles. The lowest BCUT2D eigenvalue weighted by molar-refractivity contribution is -0.143. The molecule has 7 nitrogen and oxygen atoms in total. The van der Waals surface area contributed by atoms with Crippen LogP contribution in [0.15, 0.2) is 24.3 Å². The molecule has 3 unspecified atom stereocenters. The van der Waals surface area contributed by atoms with Gasteiger partial charge >= 0.3 is 6.09 Å². The number of hydrogen-bond acceptors (Lipinski definition) is 4. The van der Waals surface area contributed by atoms with Gasteiger partial charge in [-0.3, -0.25) is 9.59 Å². The Hall–Kier alpha value is -3.01. The lowest BCUT2D eigenvalue weighted by Crippen LogP contribution is -2.52. The Labute approximate surface area is 217 Å². The van der Waals surface area contributed by atoms with E-state index in [9.17, 15) is 14.4 Å². The van der Waals surface area contributed by atoms with E-state index >= 15 is 0 Å². The summed E-state index contributed by atoms with van der Waals surface area (Å²) >= 11 is 0. The second kappa shape index (κ2) is 14.5. The van der Waals surface area contributed by atoms with Gasteiger partial charge in [0.15, 0.2) is 0 Å². The summed E-state index contributed by atoms with van der Waals surface area (Å²) in [5.74, 6) is 2.41. The Morgan fingerprint density at radius 1 is 1.03 bits per heavy atom. The number of nitrogens with one attached hydrogen (secondary N) is 2. The van der Waals surface area contributed by atoms with Gasteiger partial charge in [-0.15, -0.1) is 6.42 Å². The van der Waals surface area contributed by atoms with E-state index in [1.165, 1.54) is 0 Å². The average molecular weight is 500 g/mol. The molecule has 1 rings (SSSR count). The summed E-state index contributed by atoms with van der Waals surface area (Å²) in [4.78, 5) is 41.1. The molecule has 2 N–H and O–H groups in total. The monoisotopic (exact) mass is 499 g/mol. The van der Waals surface area contributed by atoms with Gasteiger partial charge in [0.25, 0.3) is 0 Å². The van der Waals surface area contributed by atoms with Crippen molar-refractivity contribution < 1.29 is 19.1 Å². The van der Waals surface area contributed by atoms with Crippen LogP contribution in [0.25, 0.3) is 0 Å². The van der Waals surface area contributed by atoms with Crippen molar-refractivity contribution in [1.29, 1.82) is 0 Å². The highest BCUT2D eigenvalue weighted by atomic mass is 16.6. The smallest absolute Gasteiger partial charge is 0.408 e. The van der Waals surface area contributed by atoms with Gasteiger partial charge in [-0.2, -0.15) is 0 Å². The van der Waals surface area contributed by atoms with E-state index in [1.54, 1.807) is 49.9 Å². The Morgan fingerprint density at radius 2 is 1.64 bits per heavy atom. The standard InChI is InChI=1S/C29H45N3O4/c1-10-12-21(5)31-27(34)26(24-17-15-23(11-2)16-18-24)32(22(6)14-13-20(3)4)25(33)19-30-28(35)36-29(7,8)9/h2,15-18,20-22,26H,10,12-14,19H2,1,3-9H3,(H,30,35)(H,31,34). The van der Waals surface area contributed by atoms with Gasteiger partial charge in [0.05, 0.1) is 0 Å². The molecule has 0 saturated heterocycles. The van der Waals surface area contributed by atoms with Crippen molar-refractivity contribution in [2.75, 3.05) is 6.54 Å². The minimum atomic E-state index is -0.869. The van der Waals surface area contributed by atoms with Gasteiger partial charge in [-0.1, -0.05) is 45.2 Å². The highest BCUT2D eigenvalue weighted by molar-refractivity contribution is 5.90. The lowest BCUT2D eigenvalue weighted by Gasteiger charge is -2.37. The van der Waals surface area contributed by atoms with E-state index in [-0.39, 0.29) is 30.4 Å². The van der Waals surface area contributed by atoms with Gasteiger partial charge in [-0.25, -0.2) is 4.79 Å². The molecular formula is C29H45N3O4. The molecule has 36 heavy (non-hydrogen) atoms. The largest absolute Gasteiger partial charge is 0.444 e. The average Bonchev–Trinajstić information content (AvgIpc) is 2.78. The molecule has 0 saturated carbocycles. The number of benzene rings is 1. The molecule has 0 fully saturated rings. The number of hydrogen-bond donors (Lipinski definition) is 2. The number of ether oxygens (including phenoxy) is 1. The quantitative estimate of drug-likeness (QED) is 0.387. The normalized spacial score (nSPS) is 13.8. The van der Waals surface area contributed by atoms with Crippen LogP contribution in [0.5, 0.6) is 0 Å². The second-order valence-electron chi connectivity index (χ2n) is 10.8. The number of nitrogens with zero attached hydrogens (tertiary/aromatic N) is 1. The maximum atomic E-state index is 13.6. The third-order valence-corrected chi connectivity index (χ3v) is 5.74. The van der Waals surface area contributed by atoms with Gasteiger partial charge in [0.2, 0.25) is 11.8 Å². The summed E-state index contributed by atoms with van der Waals surface area (Å²) in [6.45, 7) is 15.2. The first kappa shape index (κ1) is 31.0. The van der Waals surface area contributed by atoms with Crippen molar-refractivity contribution in [3.05, 3.63) is 35.4 Å². The highest BCUT2D eigenvalue weighted by Gasteiger charge is 2.35. The molecule has 0 aliphatic carbocycles. The Morgan fingerprint density at radius 3 is 2.14 bits per heavy atom. The van der Waals surface area contributed by atoms with Crippen LogP contribution in [-0.4, -0.2) is 47.0 Å². The fourth-order valence-electron chi connectivity index (χ4n) is 3.94. The Bertz CT molecular complexity index is 897. The SMILES string of the molecule is C#Cc1ccc(C(C(=O)NC(C)CCC)N(C(=O)CNC(=O)OC(C)(C)C)C(C)CCC(C)C)cc1. The minimum Gasteiger partial charge on any atom is -0.444 e. The van der Waals surface area contributed by atoms with Gasteiger partial charge in [0.1, 0.15) is 18.2 Å². The zero-order chi connectivity index (χ0) is 27.5. The van der Waals surface area contributed by atoms with Crippen LogP contribution < -0.4 is 10.6 Å². The molecule has 0 bridgehead atoms. The number of rotatable bonds is 12. The summed E-state index contributed by atoms with van der Waals surface area (Å²) in [6, 6.07) is 5.96. The molecule has 0 radical (unpaired) electrons. The number of carbonyl (C=O) groups excluding carboxylic acids is 3. The predicted molar refractivity (Wildman–Crippen MR) is 144 cm³/mol. The van der Waals surface area contributed by atoms with Crippen LogP contribution in [0.1, 0.15) is 98.2 Å². The summed E-state index contributed by atoms with van der Waals surface area (Å²) < 4.78 is 5.29. The van der Waals surface area contributed by atoms with Crippen molar-refractivity contribution >= 4 is 17.9 Å². The zero-order valence-electron chi connectivity index (χ0n) is 23.3. The van der Waals surface area contributed by atoms with Crippen molar-refractivity contribution in [1.82, 2.24) is 15.5 Å². The van der Waals surface area contributed by atoms with E-state index in [0.29, 0.717) is 23.5 Å². The molecule has 7 heteroatoms. The van der Waals surface area contributed by atoms with Crippen molar-refractivity contribution in [2.45, 2.75) is 105 Å². The van der Waals surface area contributed by atoms with E-state index in [4.69, 9.17) is 11.2 Å². The van der Waals surface area contributed by atoms with Crippen LogP contribution >= 0.6 is 0 Å². The summed E-state index contributed by atoms with van der Waals surface area (Å²) in [6.07, 6.45) is 8.20. The molecule has 0 aliphatic rings. The molecule has 0 heterocycles. The number of carbonyl (C=O) groups is 3. The van der Waals surface area contributed by atoms with E-state index in [2.05, 4.69) is 37.3 Å². The fourth-order valence-corrected chi connectivity index (χ4v) is 3.94. The van der Waals surface area contributed by atoms with Crippen molar-refractivity contribution in [3.8, 4) is 12.3 Å². The summed E-state index contributed by atoms with van der Waals surface area (Å²) in [7, 11) is 0. The van der Waals surface area contributed by atoms with Crippen molar-refractivity contribution in [2.24, 2.45) is 5.92 Å². The topological polar surface area (TPSA) is 87.7 Å². The predicted octanol–water partition coefficient (Wildman–Crippen LogP) is 5.19.